The molecule has 0 aliphatic carbocycles. The number of aromatic nitrogens is 15. The maximum atomic E-state index is 13.0. The van der Waals surface area contributed by atoms with Crippen molar-refractivity contribution in [3.05, 3.63) is 205 Å². The Labute approximate surface area is 717 Å². The van der Waals surface area contributed by atoms with Gasteiger partial charge in [0.05, 0.1) is 71.6 Å². The average molecular weight is 1760 g/mol. The minimum absolute atomic E-state index is 0. The first-order valence-electron chi connectivity index (χ1n) is 37.1. The number of tetrazole rings is 3. The van der Waals surface area contributed by atoms with Gasteiger partial charge in [-0.3, -0.25) is 14.5 Å². The van der Waals surface area contributed by atoms with Crippen LogP contribution in [0.25, 0.3) is 76.5 Å². The maximum absolute atomic E-state index is 13.0. The molecule has 15 rings (SSSR count). The van der Waals surface area contributed by atoms with E-state index in [1.165, 1.54) is 68.8 Å². The third-order valence-corrected chi connectivity index (χ3v) is 21.5. The van der Waals surface area contributed by atoms with Crippen LogP contribution in [0.4, 0.5) is 4.39 Å². The fraction of sp³-hybridized carbons (Fsp3) is 0.375. The summed E-state index contributed by atoms with van der Waals surface area (Å²) >= 11 is 19.8. The Morgan fingerprint density at radius 2 is 1.00 bits per heavy atom. The first kappa shape index (κ1) is 90.9. The molecule has 13 aromatic rings. The summed E-state index contributed by atoms with van der Waals surface area (Å²) < 4.78 is 41.2. The molecule has 0 amide bonds. The van der Waals surface area contributed by atoms with Crippen molar-refractivity contribution < 1.29 is 62.5 Å². The second kappa shape index (κ2) is 48.7. The standard InChI is InChI=1S/C20H16N6OS.C20H26N4O2S.C11H11FN2O.C11H22O2S.C9H5BrClN.C9H5BrN4.N3.Na/c21-13-20(8-10-27-11-9-20)17-2-1-3-19(22-17)28-15-5-6-16-14(12-15)4-7-18-23-24-25-26(16)18;1-2-3-4-5-6-7-13-26-20(25)12-14-27-17-9-10-18-16(15-17)8-11-19-21-22-23-24(18)19;12-10-3-1-2-9(14-10)11(8-13)4-6-15-7-5-11;1-2-3-4-5-6-7-9-13-11(12)8-10-14;10-7-2-3-8-6(5-7)1-4-9(11)12-8;10-7-2-3-8-6(5-7)1-4-9-11-12-13-14(8)9;1-3-2;/h1-7,12H,8-11H2;8-11,15H,2-7,12-14H2,1H3;1-3H,4-7H2;14H,2-10H2,1H3;1-5H;1-5H;;/q;;;;;;-1;+1. The zero-order valence-electron chi connectivity index (χ0n) is 63.6. The number of halogens is 4. The zero-order valence-corrected chi connectivity index (χ0v) is 72.0. The van der Waals surface area contributed by atoms with Crippen LogP contribution in [0.1, 0.15) is 141 Å². The van der Waals surface area contributed by atoms with Crippen LogP contribution in [-0.4, -0.2) is 138 Å². The molecular weight excluding hydrogens is 1670 g/mol. The maximum Gasteiger partial charge on any atom is 1.00 e. The molecule has 0 saturated carbocycles. The van der Waals surface area contributed by atoms with Crippen molar-refractivity contribution in [2.75, 3.05) is 51.1 Å². The van der Waals surface area contributed by atoms with Gasteiger partial charge in [0.1, 0.15) is 21.0 Å². The van der Waals surface area contributed by atoms with E-state index in [0.29, 0.717) is 101 Å². The van der Waals surface area contributed by atoms with E-state index in [9.17, 15) is 24.5 Å². The van der Waals surface area contributed by atoms with Gasteiger partial charge in [0.2, 0.25) is 5.95 Å². The van der Waals surface area contributed by atoms with Crippen LogP contribution in [0.15, 0.2) is 181 Å². The Morgan fingerprint density at radius 1 is 0.561 bits per heavy atom. The summed E-state index contributed by atoms with van der Waals surface area (Å²) in [5.74, 6) is 0.540. The number of ether oxygens (including phenoxy) is 4. The van der Waals surface area contributed by atoms with Crippen molar-refractivity contribution in [2.45, 2.75) is 155 Å². The van der Waals surface area contributed by atoms with Crippen LogP contribution >= 0.6 is 79.6 Å². The molecule has 2 fully saturated rings. The molecule has 2 aliphatic heterocycles. The van der Waals surface area contributed by atoms with Crippen molar-refractivity contribution in [1.29, 1.82) is 10.5 Å². The minimum Gasteiger partial charge on any atom is -0.466 e. The van der Waals surface area contributed by atoms with E-state index in [2.05, 4.69) is 139 Å². The van der Waals surface area contributed by atoms with Gasteiger partial charge in [-0.1, -0.05) is 145 Å². The van der Waals surface area contributed by atoms with Crippen LogP contribution in [0.3, 0.4) is 0 Å². The number of nitrogens with zero attached hydrogens (tertiary/aromatic N) is 20. The van der Waals surface area contributed by atoms with Gasteiger partial charge in [0.15, 0.2) is 16.9 Å². The van der Waals surface area contributed by atoms with E-state index in [1.807, 2.05) is 121 Å². The van der Waals surface area contributed by atoms with Gasteiger partial charge in [0, 0.05) is 78.2 Å². The number of fused-ring (bicyclic) bond motifs is 10. The number of carbonyl (C=O) groups excluding carboxylic acids is 2. The van der Waals surface area contributed by atoms with E-state index in [4.69, 9.17) is 46.6 Å². The first-order chi connectivity index (χ1) is 55.1. The summed E-state index contributed by atoms with van der Waals surface area (Å²) in [4.78, 5) is 39.2. The number of hydrogen-bond acceptors (Lipinski definition) is 23. The molecule has 0 radical (unpaired) electrons. The number of nitriles is 2. The second-order valence-corrected chi connectivity index (χ2v) is 30.9. The summed E-state index contributed by atoms with van der Waals surface area (Å²) in [6.45, 7) is 7.82. The second-order valence-electron chi connectivity index (χ2n) is 26.0. The third kappa shape index (κ3) is 27.5. The van der Waals surface area contributed by atoms with Crippen LogP contribution in [0.2, 0.25) is 5.15 Å². The molecule has 588 valence electrons. The smallest absolute Gasteiger partial charge is 0.466 e. The number of rotatable bonds is 24. The van der Waals surface area contributed by atoms with Gasteiger partial charge >= 0.3 is 41.5 Å². The van der Waals surface area contributed by atoms with E-state index in [0.717, 1.165) is 109 Å². The normalized spacial score (nSPS) is 13.0. The van der Waals surface area contributed by atoms with Crippen LogP contribution in [0.5, 0.6) is 0 Å². The summed E-state index contributed by atoms with van der Waals surface area (Å²) in [6, 6.07) is 54.9. The predicted molar refractivity (Wildman–Crippen MR) is 447 cm³/mol. The molecule has 0 bridgehead atoms. The molecule has 11 heterocycles. The van der Waals surface area contributed by atoms with E-state index >= 15 is 0 Å². The fourth-order valence-electron chi connectivity index (χ4n) is 12.1. The van der Waals surface area contributed by atoms with Crippen LogP contribution < -0.4 is 29.6 Å². The summed E-state index contributed by atoms with van der Waals surface area (Å²) in [5.41, 5.74) is 19.7. The van der Waals surface area contributed by atoms with E-state index < -0.39 is 16.8 Å². The van der Waals surface area contributed by atoms with Crippen molar-refractivity contribution in [2.24, 2.45) is 0 Å². The molecule has 0 spiro atoms. The van der Waals surface area contributed by atoms with Crippen molar-refractivity contribution in [3.8, 4) is 12.1 Å². The first-order valence-corrected chi connectivity index (χ1v) is 41.5. The third-order valence-electron chi connectivity index (χ3n) is 18.2. The number of hydrogen-bond donors (Lipinski definition) is 1. The van der Waals surface area contributed by atoms with Gasteiger partial charge < -0.3 is 30.0 Å². The fourth-order valence-corrected chi connectivity index (χ4v) is 15.0. The molecule has 34 heteroatoms. The molecular formula is C80H85Br2ClFN20NaO6S3. The number of pyridine rings is 6. The quantitative estimate of drug-likeness (QED) is 0.00676. The number of thioether (sulfide) groups is 1. The Morgan fingerprint density at radius 3 is 1.51 bits per heavy atom. The predicted octanol–water partition coefficient (Wildman–Crippen LogP) is 16.6. The molecule has 2 aliphatic rings. The topological polar surface area (TPSA) is 345 Å². The van der Waals surface area contributed by atoms with Crippen molar-refractivity contribution >= 4 is 152 Å². The zero-order chi connectivity index (χ0) is 80.1. The van der Waals surface area contributed by atoms with E-state index in [-0.39, 0.29) is 41.5 Å². The molecule has 4 aromatic carbocycles. The molecule has 0 unspecified atom stereocenters. The Balaban J connectivity index is 0.000000175. The molecule has 2 saturated heterocycles. The molecule has 0 atom stereocenters. The Kier molecular flexibility index (Phi) is 38.8. The van der Waals surface area contributed by atoms with E-state index in [1.54, 1.807) is 55.3 Å². The largest absolute Gasteiger partial charge is 1.00 e. The number of carbonyl (C=O) groups is 2. The Bertz CT molecular complexity index is 5310. The van der Waals surface area contributed by atoms with Gasteiger partial charge in [-0.05, 0) is 215 Å². The SMILES string of the molecule is Brc1ccc2c(ccc3nnnn32)c1.CCCCCCCCOC(=O)CCS.CCCCCCCCOC(=O)CCSc1ccc2c(ccc3nnnn32)c1.Clc1ccc2cc(Br)ccc2n1.N#CC1(c2cccc(F)n2)CCOCC1.N#CC1(c2cccc(Sc3ccc4c(ccc5nnnn54)c3)n2)CCOCC1.[N-]=[N+]=[N-].[Na+]. The number of esters is 2. The van der Waals surface area contributed by atoms with Crippen molar-refractivity contribution in [3.63, 3.8) is 0 Å². The monoisotopic (exact) mass is 1750 g/mol. The van der Waals surface area contributed by atoms with Gasteiger partial charge in [0.25, 0.3) is 0 Å². The summed E-state index contributed by atoms with van der Waals surface area (Å²) in [6.07, 6.45) is 17.9. The number of unbranched alkanes of at least 4 members (excludes halogenated alkanes) is 10. The molecule has 0 N–H and O–H groups in total. The Hall–Kier alpha value is -8.60. The van der Waals surface area contributed by atoms with Gasteiger partial charge in [-0.2, -0.15) is 41.1 Å². The number of benzene rings is 4. The summed E-state index contributed by atoms with van der Waals surface area (Å²) in [7, 11) is 0. The van der Waals surface area contributed by atoms with Gasteiger partial charge in [-0.15, -0.1) is 27.1 Å². The molecule has 9 aromatic heterocycles. The average Bonchev–Trinajstić information content (AvgIpc) is 1.54. The molecule has 114 heavy (non-hydrogen) atoms. The minimum atomic E-state index is -0.666. The van der Waals surface area contributed by atoms with Gasteiger partial charge in [-0.25, -0.2) is 15.0 Å². The van der Waals surface area contributed by atoms with Crippen molar-refractivity contribution in [1.82, 2.24) is 75.1 Å². The molecule has 26 nitrogen and oxygen atoms in total. The summed E-state index contributed by atoms with van der Waals surface area (Å²) in [5, 5.41) is 59.6. The van der Waals surface area contributed by atoms with Crippen LogP contribution in [-0.2, 0) is 39.4 Å². The number of thiol groups is 1. The van der Waals surface area contributed by atoms with Crippen LogP contribution in [0, 0.1) is 28.6 Å².